The summed E-state index contributed by atoms with van der Waals surface area (Å²) in [5.74, 6) is -0.450. The molecule has 0 bridgehead atoms. The molecule has 0 aromatic heterocycles. The third kappa shape index (κ3) is 4.40. The standard InChI is InChI=1S/C13H16ClN3O3/c14-10-4-1-8(7-18)5-11(10)15-6-12(19)17-13(20)16-9-2-3-9/h1,4-5,9,15,18H,2-3,6-7H2,(H2,16,17,19,20). The summed E-state index contributed by atoms with van der Waals surface area (Å²) in [7, 11) is 0. The van der Waals surface area contributed by atoms with Crippen LogP contribution in [0.2, 0.25) is 5.02 Å². The second-order valence-electron chi connectivity index (χ2n) is 4.62. The Hall–Kier alpha value is -1.79. The molecule has 1 aliphatic rings. The third-order valence-corrected chi connectivity index (χ3v) is 3.15. The number of hydrogen-bond donors (Lipinski definition) is 4. The molecule has 20 heavy (non-hydrogen) atoms. The van der Waals surface area contributed by atoms with E-state index in [4.69, 9.17) is 16.7 Å². The van der Waals surface area contributed by atoms with Gasteiger partial charge >= 0.3 is 6.03 Å². The molecule has 3 amide bonds. The summed E-state index contributed by atoms with van der Waals surface area (Å²) in [5, 5.41) is 17.2. The van der Waals surface area contributed by atoms with Gasteiger partial charge in [0.15, 0.2) is 0 Å². The lowest BCUT2D eigenvalue weighted by Gasteiger charge is -2.10. The first-order valence-corrected chi connectivity index (χ1v) is 6.70. The minimum Gasteiger partial charge on any atom is -0.392 e. The lowest BCUT2D eigenvalue weighted by Crippen LogP contribution is -2.42. The van der Waals surface area contributed by atoms with Gasteiger partial charge in [-0.05, 0) is 30.5 Å². The Morgan fingerprint density at radius 2 is 2.10 bits per heavy atom. The first-order chi connectivity index (χ1) is 9.58. The smallest absolute Gasteiger partial charge is 0.321 e. The Balaban J connectivity index is 1.81. The van der Waals surface area contributed by atoms with Gasteiger partial charge in [0, 0.05) is 6.04 Å². The first kappa shape index (κ1) is 14.6. The SMILES string of the molecule is O=C(CNc1cc(CO)ccc1Cl)NC(=O)NC1CC1. The summed E-state index contributed by atoms with van der Waals surface area (Å²) in [4.78, 5) is 22.9. The molecule has 1 aliphatic carbocycles. The van der Waals surface area contributed by atoms with Gasteiger partial charge < -0.3 is 15.7 Å². The van der Waals surface area contributed by atoms with E-state index in [0.717, 1.165) is 12.8 Å². The van der Waals surface area contributed by atoms with Crippen LogP contribution < -0.4 is 16.0 Å². The monoisotopic (exact) mass is 297 g/mol. The summed E-state index contributed by atoms with van der Waals surface area (Å²) in [6, 6.07) is 4.70. The van der Waals surface area contributed by atoms with Crippen LogP contribution in [0.4, 0.5) is 10.5 Å². The molecule has 0 saturated heterocycles. The number of aliphatic hydroxyl groups excluding tert-OH is 1. The van der Waals surface area contributed by atoms with Crippen LogP contribution in [-0.4, -0.2) is 29.6 Å². The Kier molecular flexibility index (Phi) is 4.81. The number of nitrogens with one attached hydrogen (secondary N) is 3. The maximum absolute atomic E-state index is 11.6. The zero-order chi connectivity index (χ0) is 14.5. The van der Waals surface area contributed by atoms with Crippen LogP contribution in [0.1, 0.15) is 18.4 Å². The minimum absolute atomic E-state index is 0.0767. The van der Waals surface area contributed by atoms with Gasteiger partial charge in [-0.25, -0.2) is 4.79 Å². The lowest BCUT2D eigenvalue weighted by molar-refractivity contribution is -0.118. The quantitative estimate of drug-likeness (QED) is 0.658. The molecule has 1 fully saturated rings. The van der Waals surface area contributed by atoms with E-state index in [9.17, 15) is 9.59 Å². The fraction of sp³-hybridized carbons (Fsp3) is 0.385. The van der Waals surface area contributed by atoms with Gasteiger partial charge in [0.1, 0.15) is 0 Å². The summed E-state index contributed by atoms with van der Waals surface area (Å²) in [5.41, 5.74) is 1.22. The molecule has 1 saturated carbocycles. The molecule has 0 spiro atoms. The predicted molar refractivity (Wildman–Crippen MR) is 75.6 cm³/mol. The number of halogens is 1. The van der Waals surface area contributed by atoms with Crippen molar-refractivity contribution in [2.75, 3.05) is 11.9 Å². The zero-order valence-corrected chi connectivity index (χ0v) is 11.5. The molecule has 1 aromatic carbocycles. The lowest BCUT2D eigenvalue weighted by atomic mass is 10.2. The van der Waals surface area contributed by atoms with Gasteiger partial charge in [-0.3, -0.25) is 10.1 Å². The van der Waals surface area contributed by atoms with E-state index in [-0.39, 0.29) is 19.2 Å². The molecule has 7 heteroatoms. The number of hydrogen-bond acceptors (Lipinski definition) is 4. The van der Waals surface area contributed by atoms with Crippen LogP contribution in [0.5, 0.6) is 0 Å². The summed E-state index contributed by atoms with van der Waals surface area (Å²) in [6.45, 7) is -0.186. The number of anilines is 1. The molecule has 0 aliphatic heterocycles. The van der Waals surface area contributed by atoms with Gasteiger partial charge in [0.05, 0.1) is 23.9 Å². The number of carbonyl (C=O) groups is 2. The van der Waals surface area contributed by atoms with Crippen molar-refractivity contribution in [3.63, 3.8) is 0 Å². The topological polar surface area (TPSA) is 90.5 Å². The Morgan fingerprint density at radius 1 is 1.35 bits per heavy atom. The van der Waals surface area contributed by atoms with E-state index in [0.29, 0.717) is 16.3 Å². The fourth-order valence-corrected chi connectivity index (χ4v) is 1.79. The Bertz CT molecular complexity index is 518. The average molecular weight is 298 g/mol. The summed E-state index contributed by atoms with van der Waals surface area (Å²) >= 11 is 5.96. The predicted octanol–water partition coefficient (Wildman–Crippen LogP) is 1.23. The zero-order valence-electron chi connectivity index (χ0n) is 10.8. The molecule has 6 nitrogen and oxygen atoms in total. The van der Waals surface area contributed by atoms with Crippen molar-refractivity contribution in [2.45, 2.75) is 25.5 Å². The second-order valence-corrected chi connectivity index (χ2v) is 5.03. The summed E-state index contributed by atoms with van der Waals surface area (Å²) in [6.07, 6.45) is 1.92. The number of urea groups is 1. The summed E-state index contributed by atoms with van der Waals surface area (Å²) < 4.78 is 0. The van der Waals surface area contributed by atoms with Crippen molar-refractivity contribution < 1.29 is 14.7 Å². The largest absolute Gasteiger partial charge is 0.392 e. The average Bonchev–Trinajstić information content (AvgIpc) is 3.21. The maximum atomic E-state index is 11.6. The number of rotatable bonds is 5. The van der Waals surface area contributed by atoms with Gasteiger partial charge in [0.25, 0.3) is 0 Å². The highest BCUT2D eigenvalue weighted by molar-refractivity contribution is 6.33. The highest BCUT2D eigenvalue weighted by Gasteiger charge is 2.23. The van der Waals surface area contributed by atoms with E-state index in [2.05, 4.69) is 16.0 Å². The van der Waals surface area contributed by atoms with E-state index in [1.54, 1.807) is 18.2 Å². The Morgan fingerprint density at radius 3 is 2.75 bits per heavy atom. The Labute approximate surface area is 121 Å². The van der Waals surface area contributed by atoms with Crippen molar-refractivity contribution in [3.05, 3.63) is 28.8 Å². The van der Waals surface area contributed by atoms with Gasteiger partial charge in [0.2, 0.25) is 5.91 Å². The first-order valence-electron chi connectivity index (χ1n) is 6.32. The van der Waals surface area contributed by atoms with E-state index < -0.39 is 11.9 Å². The fourth-order valence-electron chi connectivity index (χ4n) is 1.60. The van der Waals surface area contributed by atoms with E-state index >= 15 is 0 Å². The third-order valence-electron chi connectivity index (χ3n) is 2.82. The molecule has 0 atom stereocenters. The second kappa shape index (κ2) is 6.58. The minimum atomic E-state index is -0.477. The number of benzene rings is 1. The number of amides is 3. The number of carbonyl (C=O) groups excluding carboxylic acids is 2. The molecule has 108 valence electrons. The number of aliphatic hydroxyl groups is 1. The van der Waals surface area contributed by atoms with Gasteiger partial charge in [-0.2, -0.15) is 0 Å². The van der Waals surface area contributed by atoms with Gasteiger partial charge in [-0.1, -0.05) is 17.7 Å². The molecule has 2 rings (SSSR count). The maximum Gasteiger partial charge on any atom is 0.321 e. The van der Waals surface area contributed by atoms with E-state index in [1.807, 2.05) is 0 Å². The van der Waals surface area contributed by atoms with E-state index in [1.165, 1.54) is 0 Å². The molecular weight excluding hydrogens is 282 g/mol. The van der Waals surface area contributed by atoms with Crippen LogP contribution >= 0.6 is 11.6 Å². The molecule has 0 radical (unpaired) electrons. The van der Waals surface area contributed by atoms with Crippen molar-refractivity contribution in [1.82, 2.24) is 10.6 Å². The molecular formula is C13H16ClN3O3. The highest BCUT2D eigenvalue weighted by Crippen LogP contribution is 2.22. The molecule has 1 aromatic rings. The van der Waals surface area contributed by atoms with Gasteiger partial charge in [-0.15, -0.1) is 0 Å². The highest BCUT2D eigenvalue weighted by atomic mass is 35.5. The van der Waals surface area contributed by atoms with Crippen LogP contribution in [0.25, 0.3) is 0 Å². The van der Waals surface area contributed by atoms with Crippen molar-refractivity contribution in [2.24, 2.45) is 0 Å². The molecule has 0 heterocycles. The van der Waals surface area contributed by atoms with Crippen molar-refractivity contribution in [3.8, 4) is 0 Å². The van der Waals surface area contributed by atoms with Crippen LogP contribution in [-0.2, 0) is 11.4 Å². The normalized spacial score (nSPS) is 13.7. The van der Waals surface area contributed by atoms with Crippen LogP contribution in [0, 0.1) is 0 Å². The van der Waals surface area contributed by atoms with Crippen LogP contribution in [0.3, 0.4) is 0 Å². The van der Waals surface area contributed by atoms with Crippen molar-refractivity contribution in [1.29, 1.82) is 0 Å². The number of imide groups is 1. The van der Waals surface area contributed by atoms with Crippen molar-refractivity contribution >= 4 is 29.2 Å². The molecule has 0 unspecified atom stereocenters. The van der Waals surface area contributed by atoms with Crippen LogP contribution in [0.15, 0.2) is 18.2 Å². The molecule has 4 N–H and O–H groups in total.